The highest BCUT2D eigenvalue weighted by molar-refractivity contribution is 5.90. The van der Waals surface area contributed by atoms with Crippen LogP contribution in [0.1, 0.15) is 46.9 Å². The molecule has 1 fully saturated rings. The molecule has 3 rings (SSSR count). The minimum Gasteiger partial charge on any atom is -0.462 e. The van der Waals surface area contributed by atoms with Crippen LogP contribution in [0, 0.1) is 25.6 Å². The molecule has 1 aliphatic rings. The fraction of sp³-hybridized carbons (Fsp3) is 0.500. The van der Waals surface area contributed by atoms with Crippen LogP contribution in [0.25, 0.3) is 0 Å². The fourth-order valence-corrected chi connectivity index (χ4v) is 3.62. The highest BCUT2D eigenvalue weighted by Crippen LogP contribution is 2.19. The summed E-state index contributed by atoms with van der Waals surface area (Å²) >= 11 is 0. The molecule has 1 aromatic heterocycles. The minimum absolute atomic E-state index is 0.00941. The Morgan fingerprint density at radius 1 is 1.27 bits per heavy atom. The number of carbonyl (C=O) groups is 2. The van der Waals surface area contributed by atoms with Crippen molar-refractivity contribution in [3.05, 3.63) is 52.6 Å². The fourth-order valence-electron chi connectivity index (χ4n) is 3.62. The maximum Gasteiger partial charge on any atom is 0.341 e. The Hall–Kier alpha value is -2.74. The summed E-state index contributed by atoms with van der Waals surface area (Å²) in [4.78, 5) is 26.6. The number of carbonyl (C=O) groups excluding carboxylic acids is 2. The standard InChI is InChI=1S/C22H29FN4O3/c1-4-30-22(29)19-13-27(25-16(19)3)14-26-9-7-18(8-10-26)21(28)24-12-17-6-5-15(2)20(23)11-17/h5-6,11,13,18H,4,7-10,12,14H2,1-3H3,(H,24,28). The van der Waals surface area contributed by atoms with Crippen molar-refractivity contribution < 1.29 is 18.7 Å². The monoisotopic (exact) mass is 416 g/mol. The van der Waals surface area contributed by atoms with Crippen molar-refractivity contribution in [1.29, 1.82) is 0 Å². The third-order valence-corrected chi connectivity index (χ3v) is 5.45. The van der Waals surface area contributed by atoms with Crippen molar-refractivity contribution in [2.24, 2.45) is 5.92 Å². The van der Waals surface area contributed by atoms with Gasteiger partial charge in [0, 0.05) is 31.7 Å². The molecule has 2 heterocycles. The van der Waals surface area contributed by atoms with Gasteiger partial charge in [-0.25, -0.2) is 9.18 Å². The van der Waals surface area contributed by atoms with E-state index in [0.717, 1.165) is 31.5 Å². The molecule has 30 heavy (non-hydrogen) atoms. The first kappa shape index (κ1) is 22.0. The van der Waals surface area contributed by atoms with Gasteiger partial charge in [0.15, 0.2) is 0 Å². The van der Waals surface area contributed by atoms with E-state index in [9.17, 15) is 14.0 Å². The van der Waals surface area contributed by atoms with E-state index >= 15 is 0 Å². The lowest BCUT2D eigenvalue weighted by Crippen LogP contribution is -2.41. The molecule has 0 unspecified atom stereocenters. The molecule has 7 nitrogen and oxygen atoms in total. The van der Waals surface area contributed by atoms with Gasteiger partial charge in [0.1, 0.15) is 11.4 Å². The molecule has 162 valence electrons. The zero-order valence-electron chi connectivity index (χ0n) is 17.8. The Morgan fingerprint density at radius 2 is 2.00 bits per heavy atom. The number of benzene rings is 1. The van der Waals surface area contributed by atoms with Crippen molar-refractivity contribution in [3.8, 4) is 0 Å². The SMILES string of the molecule is CCOC(=O)c1cn(CN2CCC(C(=O)NCc3ccc(C)c(F)c3)CC2)nc1C. The van der Waals surface area contributed by atoms with Crippen LogP contribution in [0.15, 0.2) is 24.4 Å². The van der Waals surface area contributed by atoms with Crippen LogP contribution in [-0.4, -0.2) is 46.3 Å². The Labute approximate surface area is 176 Å². The highest BCUT2D eigenvalue weighted by atomic mass is 19.1. The number of halogens is 1. The van der Waals surface area contributed by atoms with Gasteiger partial charge in [-0.3, -0.25) is 14.4 Å². The molecule has 1 aromatic carbocycles. The molecule has 2 aromatic rings. The van der Waals surface area contributed by atoms with Crippen LogP contribution in [0.3, 0.4) is 0 Å². The van der Waals surface area contributed by atoms with Crippen molar-refractivity contribution in [3.63, 3.8) is 0 Å². The van der Waals surface area contributed by atoms with E-state index in [1.807, 2.05) is 6.07 Å². The molecule has 0 atom stereocenters. The molecule has 1 aliphatic heterocycles. The van der Waals surface area contributed by atoms with E-state index in [-0.39, 0.29) is 23.6 Å². The first-order chi connectivity index (χ1) is 14.4. The molecule has 0 aliphatic carbocycles. The Kier molecular flexibility index (Phi) is 7.20. The van der Waals surface area contributed by atoms with Crippen molar-refractivity contribution in [2.75, 3.05) is 19.7 Å². The summed E-state index contributed by atoms with van der Waals surface area (Å²) in [5, 5.41) is 7.32. The number of esters is 1. The van der Waals surface area contributed by atoms with E-state index in [1.165, 1.54) is 6.07 Å². The molecular formula is C22H29FN4O3. The second-order valence-electron chi connectivity index (χ2n) is 7.72. The van der Waals surface area contributed by atoms with Gasteiger partial charge in [0.05, 0.1) is 19.0 Å². The number of piperidine rings is 1. The topological polar surface area (TPSA) is 76.5 Å². The summed E-state index contributed by atoms with van der Waals surface area (Å²) in [6.45, 7) is 8.05. The molecule has 1 saturated heterocycles. The number of nitrogens with one attached hydrogen (secondary N) is 1. The molecule has 0 bridgehead atoms. The van der Waals surface area contributed by atoms with E-state index < -0.39 is 0 Å². The number of rotatable bonds is 7. The number of aromatic nitrogens is 2. The van der Waals surface area contributed by atoms with Crippen molar-refractivity contribution in [2.45, 2.75) is 46.8 Å². The molecule has 8 heteroatoms. The lowest BCUT2D eigenvalue weighted by Gasteiger charge is -2.31. The van der Waals surface area contributed by atoms with Crippen LogP contribution in [-0.2, 0) is 22.7 Å². The maximum atomic E-state index is 13.6. The van der Waals surface area contributed by atoms with Gasteiger partial charge in [-0.05, 0) is 50.8 Å². The van der Waals surface area contributed by atoms with E-state index in [4.69, 9.17) is 4.74 Å². The van der Waals surface area contributed by atoms with Crippen molar-refractivity contribution >= 4 is 11.9 Å². The highest BCUT2D eigenvalue weighted by Gasteiger charge is 2.25. The minimum atomic E-state index is -0.356. The average Bonchev–Trinajstić information content (AvgIpc) is 3.09. The van der Waals surface area contributed by atoms with Crippen LogP contribution >= 0.6 is 0 Å². The number of ether oxygens (including phenoxy) is 1. The van der Waals surface area contributed by atoms with E-state index in [0.29, 0.717) is 36.6 Å². The third kappa shape index (κ3) is 5.44. The summed E-state index contributed by atoms with van der Waals surface area (Å²) in [5.41, 5.74) is 2.49. The second kappa shape index (κ2) is 9.84. The largest absolute Gasteiger partial charge is 0.462 e. The van der Waals surface area contributed by atoms with Gasteiger partial charge >= 0.3 is 5.97 Å². The first-order valence-corrected chi connectivity index (χ1v) is 10.3. The summed E-state index contributed by atoms with van der Waals surface area (Å²) in [6, 6.07) is 5.02. The maximum absolute atomic E-state index is 13.6. The normalized spacial score (nSPS) is 15.2. The molecule has 1 amide bonds. The molecule has 0 spiro atoms. The van der Waals surface area contributed by atoms with Gasteiger partial charge in [-0.1, -0.05) is 12.1 Å². The number of hydrogen-bond acceptors (Lipinski definition) is 5. The Morgan fingerprint density at radius 3 is 2.67 bits per heavy atom. The van der Waals surface area contributed by atoms with Crippen LogP contribution < -0.4 is 5.32 Å². The summed E-state index contributed by atoms with van der Waals surface area (Å²) < 4.78 is 20.4. The lowest BCUT2D eigenvalue weighted by atomic mass is 9.96. The number of likely N-dealkylation sites (tertiary alicyclic amines) is 1. The van der Waals surface area contributed by atoms with E-state index in [1.54, 1.807) is 37.7 Å². The average molecular weight is 416 g/mol. The van der Waals surface area contributed by atoms with Gasteiger partial charge in [-0.15, -0.1) is 0 Å². The second-order valence-corrected chi connectivity index (χ2v) is 7.72. The van der Waals surface area contributed by atoms with Gasteiger partial charge in [-0.2, -0.15) is 5.10 Å². The number of hydrogen-bond donors (Lipinski definition) is 1. The molecule has 0 radical (unpaired) electrons. The quantitative estimate of drug-likeness (QED) is 0.703. The van der Waals surface area contributed by atoms with Gasteiger partial charge < -0.3 is 10.1 Å². The predicted molar refractivity (Wildman–Crippen MR) is 110 cm³/mol. The molecule has 1 N–H and O–H groups in total. The van der Waals surface area contributed by atoms with Crippen LogP contribution in [0.4, 0.5) is 4.39 Å². The lowest BCUT2D eigenvalue weighted by molar-refractivity contribution is -0.126. The van der Waals surface area contributed by atoms with Gasteiger partial charge in [0.2, 0.25) is 5.91 Å². The Bertz CT molecular complexity index is 904. The first-order valence-electron chi connectivity index (χ1n) is 10.3. The number of aryl methyl sites for hydroxylation is 2. The smallest absolute Gasteiger partial charge is 0.341 e. The van der Waals surface area contributed by atoms with Gasteiger partial charge in [0.25, 0.3) is 0 Å². The Balaban J connectivity index is 1.46. The van der Waals surface area contributed by atoms with Crippen LogP contribution in [0.2, 0.25) is 0 Å². The zero-order chi connectivity index (χ0) is 21.7. The summed E-state index contributed by atoms with van der Waals surface area (Å²) in [5.74, 6) is -0.652. The van der Waals surface area contributed by atoms with Crippen molar-refractivity contribution in [1.82, 2.24) is 20.0 Å². The molecular weight excluding hydrogens is 387 g/mol. The predicted octanol–water partition coefficient (Wildman–Crippen LogP) is 2.80. The number of amides is 1. The third-order valence-electron chi connectivity index (χ3n) is 5.45. The zero-order valence-corrected chi connectivity index (χ0v) is 17.8. The molecule has 0 saturated carbocycles. The summed E-state index contributed by atoms with van der Waals surface area (Å²) in [7, 11) is 0. The van der Waals surface area contributed by atoms with Crippen LogP contribution in [0.5, 0.6) is 0 Å². The number of nitrogens with zero attached hydrogens (tertiary/aromatic N) is 3. The van der Waals surface area contributed by atoms with E-state index in [2.05, 4.69) is 15.3 Å². The summed E-state index contributed by atoms with van der Waals surface area (Å²) in [6.07, 6.45) is 3.21.